The molecule has 1 fully saturated rings. The second-order valence-electron chi connectivity index (χ2n) is 3.43. The molecule has 5 heteroatoms. The van der Waals surface area contributed by atoms with E-state index in [1.165, 1.54) is 0 Å². The maximum absolute atomic E-state index is 11.6. The molecule has 0 radical (unpaired) electrons. The van der Waals surface area contributed by atoms with Crippen LogP contribution in [0.1, 0.15) is 6.42 Å². The van der Waals surface area contributed by atoms with E-state index in [0.717, 1.165) is 5.69 Å². The van der Waals surface area contributed by atoms with Crippen LogP contribution in [0.15, 0.2) is 18.2 Å². The van der Waals surface area contributed by atoms with Gasteiger partial charge in [0.2, 0.25) is 5.91 Å². The quantitative estimate of drug-likeness (QED) is 0.727. The van der Waals surface area contributed by atoms with Gasteiger partial charge in [-0.3, -0.25) is 4.79 Å². The topological polar surface area (TPSA) is 20.3 Å². The lowest BCUT2D eigenvalue weighted by molar-refractivity contribution is -0.117. The zero-order chi connectivity index (χ0) is 11.0. The van der Waals surface area contributed by atoms with Gasteiger partial charge < -0.3 is 4.90 Å². The monoisotopic (exact) mass is 307 g/mol. The van der Waals surface area contributed by atoms with Crippen molar-refractivity contribution in [2.75, 3.05) is 11.4 Å². The van der Waals surface area contributed by atoms with Gasteiger partial charge in [-0.2, -0.15) is 0 Å². The fourth-order valence-electron chi connectivity index (χ4n) is 1.61. The fraction of sp³-hybridized carbons (Fsp3) is 0.300. The van der Waals surface area contributed by atoms with Crippen LogP contribution in [-0.2, 0) is 4.79 Å². The van der Waals surface area contributed by atoms with Crippen LogP contribution in [0.25, 0.3) is 0 Å². The number of anilines is 1. The zero-order valence-electron chi connectivity index (χ0n) is 7.71. The molecule has 0 spiro atoms. The fourth-order valence-corrected chi connectivity index (χ4v) is 2.69. The molecule has 0 N–H and O–H groups in total. The molecule has 2 nitrogen and oxygen atoms in total. The number of rotatable bonds is 1. The van der Waals surface area contributed by atoms with Crippen LogP contribution in [0.2, 0.25) is 10.0 Å². The second kappa shape index (κ2) is 4.32. The Balaban J connectivity index is 2.33. The average molecular weight is 309 g/mol. The van der Waals surface area contributed by atoms with Crippen LogP contribution in [0.4, 0.5) is 5.69 Å². The minimum absolute atomic E-state index is 0.0928. The Hall–Kier alpha value is -0.250. The molecule has 80 valence electrons. The van der Waals surface area contributed by atoms with Gasteiger partial charge in [0, 0.05) is 33.5 Å². The van der Waals surface area contributed by atoms with Gasteiger partial charge in [-0.1, -0.05) is 39.1 Å². The molecule has 1 atom stereocenters. The summed E-state index contributed by atoms with van der Waals surface area (Å²) < 4.78 is 0. The van der Waals surface area contributed by atoms with Gasteiger partial charge >= 0.3 is 0 Å². The molecule has 1 aliphatic rings. The predicted octanol–water partition coefficient (Wildman–Crippen LogP) is 3.49. The summed E-state index contributed by atoms with van der Waals surface area (Å²) in [6.45, 7) is 0.662. The van der Waals surface area contributed by atoms with Gasteiger partial charge in [0.25, 0.3) is 0 Å². The number of benzene rings is 1. The van der Waals surface area contributed by atoms with Crippen molar-refractivity contribution in [1.82, 2.24) is 0 Å². The highest BCUT2D eigenvalue weighted by Crippen LogP contribution is 2.30. The Morgan fingerprint density at radius 1 is 1.27 bits per heavy atom. The molecule has 1 aliphatic heterocycles. The molecule has 1 aromatic carbocycles. The molecule has 0 saturated carbocycles. The number of amides is 1. The molecule has 15 heavy (non-hydrogen) atoms. The molecule has 0 bridgehead atoms. The first kappa shape index (κ1) is 11.2. The highest BCUT2D eigenvalue weighted by molar-refractivity contribution is 9.09. The van der Waals surface area contributed by atoms with Gasteiger partial charge in [0.05, 0.1) is 0 Å². The van der Waals surface area contributed by atoms with E-state index < -0.39 is 0 Å². The molecular formula is C10H8BrCl2NO. The molecule has 0 aliphatic carbocycles. The summed E-state index contributed by atoms with van der Waals surface area (Å²) in [5, 5.41) is 1.09. The van der Waals surface area contributed by atoms with Crippen LogP contribution >= 0.6 is 39.1 Å². The van der Waals surface area contributed by atoms with E-state index in [9.17, 15) is 4.79 Å². The molecule has 1 amide bonds. The van der Waals surface area contributed by atoms with Crippen molar-refractivity contribution in [1.29, 1.82) is 0 Å². The zero-order valence-corrected chi connectivity index (χ0v) is 10.8. The van der Waals surface area contributed by atoms with Crippen molar-refractivity contribution in [3.8, 4) is 0 Å². The first-order valence-electron chi connectivity index (χ1n) is 4.47. The Morgan fingerprint density at radius 3 is 2.33 bits per heavy atom. The largest absolute Gasteiger partial charge is 0.311 e. The third-order valence-corrected chi connectivity index (χ3v) is 3.29. The molecule has 2 rings (SSSR count). The Bertz CT molecular complexity index is 390. The lowest BCUT2D eigenvalue weighted by Gasteiger charge is -2.16. The standard InChI is InChI=1S/C10H8BrCl2NO/c11-6-1-10(15)14(5-6)9-3-7(12)2-8(13)4-9/h2-4,6H,1,5H2. The molecule has 0 aromatic heterocycles. The van der Waals surface area contributed by atoms with Crippen molar-refractivity contribution in [3.05, 3.63) is 28.2 Å². The summed E-state index contributed by atoms with van der Waals surface area (Å²) in [7, 11) is 0. The number of halogens is 3. The van der Waals surface area contributed by atoms with Crippen LogP contribution < -0.4 is 4.90 Å². The van der Waals surface area contributed by atoms with E-state index in [4.69, 9.17) is 23.2 Å². The molecule has 1 heterocycles. The third-order valence-electron chi connectivity index (χ3n) is 2.24. The van der Waals surface area contributed by atoms with Gasteiger partial charge in [-0.05, 0) is 18.2 Å². The van der Waals surface area contributed by atoms with Crippen molar-refractivity contribution < 1.29 is 4.79 Å². The van der Waals surface area contributed by atoms with Crippen LogP contribution in [0.5, 0.6) is 0 Å². The predicted molar refractivity (Wildman–Crippen MR) is 66.1 cm³/mol. The van der Waals surface area contributed by atoms with E-state index in [0.29, 0.717) is 23.0 Å². The maximum atomic E-state index is 11.6. The Morgan fingerprint density at radius 2 is 1.87 bits per heavy atom. The number of carbonyl (C=O) groups is 1. The van der Waals surface area contributed by atoms with Crippen molar-refractivity contribution in [2.24, 2.45) is 0 Å². The van der Waals surface area contributed by atoms with Gasteiger partial charge in [-0.25, -0.2) is 0 Å². The lowest BCUT2D eigenvalue weighted by Crippen LogP contribution is -2.24. The lowest BCUT2D eigenvalue weighted by atomic mass is 10.3. The SMILES string of the molecule is O=C1CC(Br)CN1c1cc(Cl)cc(Cl)c1. The Labute approximate surface area is 106 Å². The first-order valence-corrected chi connectivity index (χ1v) is 6.14. The highest BCUT2D eigenvalue weighted by Gasteiger charge is 2.28. The summed E-state index contributed by atoms with van der Waals surface area (Å²) in [5.41, 5.74) is 0.763. The number of hydrogen-bond donors (Lipinski definition) is 0. The number of alkyl halides is 1. The highest BCUT2D eigenvalue weighted by atomic mass is 79.9. The summed E-state index contributed by atoms with van der Waals surface area (Å²) in [6.07, 6.45) is 0.518. The van der Waals surface area contributed by atoms with Crippen molar-refractivity contribution in [3.63, 3.8) is 0 Å². The maximum Gasteiger partial charge on any atom is 0.228 e. The van der Waals surface area contributed by atoms with Gasteiger partial charge in [0.15, 0.2) is 0 Å². The van der Waals surface area contributed by atoms with Crippen LogP contribution in [-0.4, -0.2) is 17.3 Å². The minimum Gasteiger partial charge on any atom is -0.311 e. The van der Waals surface area contributed by atoms with E-state index in [2.05, 4.69) is 15.9 Å². The normalized spacial score (nSPS) is 21.1. The van der Waals surface area contributed by atoms with Crippen LogP contribution in [0, 0.1) is 0 Å². The number of hydrogen-bond acceptors (Lipinski definition) is 1. The average Bonchev–Trinajstić information content (AvgIpc) is 2.43. The minimum atomic E-state index is 0.0928. The van der Waals surface area contributed by atoms with E-state index in [1.54, 1.807) is 23.1 Å². The summed E-state index contributed by atoms with van der Waals surface area (Å²) >= 11 is 15.2. The molecule has 1 unspecified atom stereocenters. The Kier molecular flexibility index (Phi) is 3.24. The van der Waals surface area contributed by atoms with E-state index in [-0.39, 0.29) is 10.7 Å². The number of carbonyl (C=O) groups excluding carboxylic acids is 1. The molecular weight excluding hydrogens is 301 g/mol. The first-order chi connectivity index (χ1) is 7.06. The summed E-state index contributed by atoms with van der Waals surface area (Å²) in [6, 6.07) is 5.14. The summed E-state index contributed by atoms with van der Waals surface area (Å²) in [5.74, 6) is 0.0928. The van der Waals surface area contributed by atoms with Crippen LogP contribution in [0.3, 0.4) is 0 Å². The molecule has 1 aromatic rings. The number of nitrogens with zero attached hydrogens (tertiary/aromatic N) is 1. The third kappa shape index (κ3) is 2.47. The van der Waals surface area contributed by atoms with Crippen molar-refractivity contribution in [2.45, 2.75) is 11.2 Å². The van der Waals surface area contributed by atoms with E-state index >= 15 is 0 Å². The van der Waals surface area contributed by atoms with E-state index in [1.807, 2.05) is 0 Å². The van der Waals surface area contributed by atoms with Gasteiger partial charge in [-0.15, -0.1) is 0 Å². The van der Waals surface area contributed by atoms with Crippen molar-refractivity contribution >= 4 is 50.7 Å². The molecule has 1 saturated heterocycles. The smallest absolute Gasteiger partial charge is 0.228 e. The summed E-state index contributed by atoms with van der Waals surface area (Å²) in [4.78, 5) is 13.5. The second-order valence-corrected chi connectivity index (χ2v) is 5.60. The van der Waals surface area contributed by atoms with Gasteiger partial charge in [0.1, 0.15) is 0 Å².